The fourth-order valence-corrected chi connectivity index (χ4v) is 10.7. The quantitative estimate of drug-likeness (QED) is 0.0675. The second-order valence-corrected chi connectivity index (χ2v) is 20.2. The van der Waals surface area contributed by atoms with Crippen molar-refractivity contribution in [1.29, 1.82) is 0 Å². The van der Waals surface area contributed by atoms with E-state index in [1.165, 1.54) is 22.7 Å². The molecule has 5 heterocycles. The molecular weight excluding hydrogens is 939 g/mol. The second-order valence-electron chi connectivity index (χ2n) is 17.4. The maximum atomic E-state index is 15.1. The molecule has 3 saturated heterocycles. The summed E-state index contributed by atoms with van der Waals surface area (Å²) < 4.78 is 63.2. The highest BCUT2D eigenvalue weighted by Crippen LogP contribution is 2.41. The lowest BCUT2D eigenvalue weighted by Gasteiger charge is -2.35. The highest BCUT2D eigenvalue weighted by atomic mass is 79.9. The van der Waals surface area contributed by atoms with Gasteiger partial charge in [-0.3, -0.25) is 24.0 Å². The largest absolute Gasteiger partial charge is 0.494 e. The van der Waals surface area contributed by atoms with Crippen LogP contribution in [0.2, 0.25) is 0 Å². The molecule has 20 heteroatoms. The van der Waals surface area contributed by atoms with Gasteiger partial charge in [0.05, 0.1) is 47.4 Å². The summed E-state index contributed by atoms with van der Waals surface area (Å²) in [5, 5.41) is 15.3. The van der Waals surface area contributed by atoms with E-state index in [0.29, 0.717) is 83.3 Å². The maximum Gasteiger partial charge on any atom is 0.234 e. The van der Waals surface area contributed by atoms with E-state index in [-0.39, 0.29) is 36.9 Å². The number of benzene rings is 3. The number of piperidine rings is 3. The third kappa shape index (κ3) is 10.7. The molecule has 8 rings (SSSR count). The molecule has 4 aliphatic heterocycles. The van der Waals surface area contributed by atoms with E-state index in [9.17, 15) is 22.8 Å². The first-order valence-electron chi connectivity index (χ1n) is 22.3. The number of amides is 3. The van der Waals surface area contributed by atoms with Crippen molar-refractivity contribution in [3.63, 3.8) is 0 Å². The number of carbonyl (C=O) groups excluding carboxylic acids is 3. The van der Waals surface area contributed by atoms with Crippen molar-refractivity contribution < 1.29 is 36.3 Å². The fourth-order valence-electron chi connectivity index (χ4n) is 9.49. The first-order valence-corrected chi connectivity index (χ1v) is 25.0. The number of hydrogen-bond acceptors (Lipinski definition) is 13. The Hall–Kier alpha value is -5.60. The lowest BCUT2D eigenvalue weighted by atomic mass is 9.89. The van der Waals surface area contributed by atoms with Crippen LogP contribution < -0.4 is 45.4 Å². The minimum Gasteiger partial charge on any atom is -0.494 e. The van der Waals surface area contributed by atoms with Gasteiger partial charge in [-0.05, 0) is 116 Å². The molecular formula is C46H55BrF2N10O6S. The molecule has 1 aromatic heterocycles. The van der Waals surface area contributed by atoms with E-state index in [1.54, 1.807) is 13.3 Å². The summed E-state index contributed by atoms with van der Waals surface area (Å²) in [6, 6.07) is 12.3. The van der Waals surface area contributed by atoms with E-state index in [1.807, 2.05) is 42.2 Å². The van der Waals surface area contributed by atoms with Crippen molar-refractivity contribution in [2.75, 3.05) is 83.9 Å². The van der Waals surface area contributed by atoms with Gasteiger partial charge in [0.25, 0.3) is 0 Å². The molecule has 3 aromatic carbocycles. The van der Waals surface area contributed by atoms with Crippen molar-refractivity contribution in [3.05, 3.63) is 81.5 Å². The molecule has 3 fully saturated rings. The highest BCUT2D eigenvalue weighted by molar-refractivity contribution is 9.10. The number of carbonyl (C=O) groups is 3. The van der Waals surface area contributed by atoms with E-state index in [0.717, 1.165) is 62.0 Å². The molecule has 0 radical (unpaired) electrons. The summed E-state index contributed by atoms with van der Waals surface area (Å²) in [5.41, 5.74) is 5.07. The van der Waals surface area contributed by atoms with Gasteiger partial charge in [-0.1, -0.05) is 12.1 Å². The van der Waals surface area contributed by atoms with Crippen LogP contribution in [0.1, 0.15) is 67.6 Å². The van der Waals surface area contributed by atoms with Gasteiger partial charge in [0.15, 0.2) is 0 Å². The van der Waals surface area contributed by atoms with Crippen LogP contribution in [0.25, 0.3) is 0 Å². The summed E-state index contributed by atoms with van der Waals surface area (Å²) in [4.78, 5) is 50.1. The van der Waals surface area contributed by atoms with Crippen LogP contribution >= 0.6 is 15.9 Å². The smallest absolute Gasteiger partial charge is 0.234 e. The van der Waals surface area contributed by atoms with Crippen LogP contribution in [0.4, 0.5) is 49.0 Å². The average molecular weight is 994 g/mol. The van der Waals surface area contributed by atoms with Crippen molar-refractivity contribution in [2.45, 2.75) is 70.3 Å². The number of methoxy groups -OCH3 is 1. The predicted molar refractivity (Wildman–Crippen MR) is 254 cm³/mol. The lowest BCUT2D eigenvalue weighted by molar-refractivity contribution is -0.134. The average Bonchev–Trinajstić information content (AvgIpc) is 3.74. The first kappa shape index (κ1) is 46.9. The molecule has 4 aliphatic rings. The van der Waals surface area contributed by atoms with Crippen molar-refractivity contribution in [2.24, 2.45) is 5.92 Å². The third-order valence-electron chi connectivity index (χ3n) is 13.0. The third-order valence-corrected chi connectivity index (χ3v) is 14.7. The number of imide groups is 1. The van der Waals surface area contributed by atoms with Gasteiger partial charge in [0.2, 0.25) is 33.7 Å². The van der Waals surface area contributed by atoms with Crippen LogP contribution in [0.3, 0.4) is 0 Å². The number of aryl methyl sites for hydroxylation is 1. The zero-order chi connectivity index (χ0) is 46.7. The standard InChI is InChI=1S/C46H55BrF2N10O6S/c1-27-21-37(54-46-51-25-33(47)44(56-46)53-36-6-4-5-29-12-20-59(43(29)36)66(3,63)64)39(65-2)24-38(27)58-18-13-30(14-19-58)52-41(61)26-50-15-9-28-10-16-57(17-11-28)31-22-34(48)42(35(49)23-31)32-7-8-40(60)55-45(32)62/h4-6,21-25,28,30,32,50H,7-20,26H2,1-3H3,(H,52,61)(H,55,60,62)(H2,51,53,54,56). The number of nitrogens with one attached hydrogen (secondary N) is 5. The van der Waals surface area contributed by atoms with Crippen LogP contribution in [0.5, 0.6) is 5.75 Å². The summed E-state index contributed by atoms with van der Waals surface area (Å²) in [6.45, 7) is 6.11. The molecule has 3 amide bonds. The van der Waals surface area contributed by atoms with Crippen LogP contribution in [-0.4, -0.2) is 101 Å². The number of aromatic nitrogens is 2. The predicted octanol–water partition coefficient (Wildman–Crippen LogP) is 6.15. The van der Waals surface area contributed by atoms with Gasteiger partial charge in [-0.15, -0.1) is 0 Å². The minimum absolute atomic E-state index is 0.0431. The van der Waals surface area contributed by atoms with Crippen molar-refractivity contribution in [3.8, 4) is 5.75 Å². The van der Waals surface area contributed by atoms with Gasteiger partial charge in [0, 0.05) is 74.4 Å². The molecule has 0 bridgehead atoms. The number of rotatable bonds is 15. The number of halogens is 3. The number of nitrogens with zero attached hydrogens (tertiary/aromatic N) is 5. The highest BCUT2D eigenvalue weighted by Gasteiger charge is 2.34. The van der Waals surface area contributed by atoms with Crippen molar-refractivity contribution in [1.82, 2.24) is 25.9 Å². The lowest BCUT2D eigenvalue weighted by Crippen LogP contribution is -2.47. The van der Waals surface area contributed by atoms with E-state index < -0.39 is 39.4 Å². The molecule has 1 unspecified atom stereocenters. The van der Waals surface area contributed by atoms with Gasteiger partial charge in [-0.25, -0.2) is 22.2 Å². The SMILES string of the molecule is COc1cc(N2CCC(NC(=O)CNCCC3CCN(c4cc(F)c(C5CCC(=O)NC5=O)c(F)c4)CC3)CC2)c(C)cc1Nc1ncc(Br)c(Nc2cccc3c2N(S(C)(=O)=O)CC3)n1. The molecule has 352 valence electrons. The summed E-state index contributed by atoms with van der Waals surface area (Å²) in [7, 11) is -1.85. The van der Waals surface area contributed by atoms with Crippen LogP contribution in [0.15, 0.2) is 53.1 Å². The molecule has 0 aliphatic carbocycles. The number of hydrogen-bond donors (Lipinski definition) is 5. The van der Waals surface area contributed by atoms with Crippen LogP contribution in [-0.2, 0) is 30.8 Å². The molecule has 1 atom stereocenters. The monoisotopic (exact) mass is 992 g/mol. The van der Waals surface area contributed by atoms with E-state index >= 15 is 8.78 Å². The second kappa shape index (κ2) is 20.1. The Balaban J connectivity index is 0.774. The molecule has 0 saturated carbocycles. The molecule has 0 spiro atoms. The zero-order valence-corrected chi connectivity index (χ0v) is 39.6. The van der Waals surface area contributed by atoms with Gasteiger partial charge in [0.1, 0.15) is 23.2 Å². The van der Waals surface area contributed by atoms with E-state index in [4.69, 9.17) is 9.72 Å². The Kier molecular flexibility index (Phi) is 14.3. The Morgan fingerprint density at radius 1 is 0.939 bits per heavy atom. The number of fused-ring (bicyclic) bond motifs is 1. The fraction of sp³-hybridized carbons (Fsp3) is 0.457. The van der Waals surface area contributed by atoms with Gasteiger partial charge >= 0.3 is 0 Å². The summed E-state index contributed by atoms with van der Waals surface area (Å²) in [5.74, 6) is -1.92. The number of sulfonamides is 1. The Morgan fingerprint density at radius 2 is 1.67 bits per heavy atom. The first-order chi connectivity index (χ1) is 31.6. The van der Waals surface area contributed by atoms with Gasteiger partial charge in [-0.2, -0.15) is 4.98 Å². The Morgan fingerprint density at radius 3 is 2.36 bits per heavy atom. The summed E-state index contributed by atoms with van der Waals surface area (Å²) >= 11 is 3.54. The van der Waals surface area contributed by atoms with E-state index in [2.05, 4.69) is 52.4 Å². The zero-order valence-electron chi connectivity index (χ0n) is 37.2. The summed E-state index contributed by atoms with van der Waals surface area (Å²) in [6.07, 6.45) is 7.73. The Bertz CT molecular complexity index is 2590. The van der Waals surface area contributed by atoms with Crippen LogP contribution in [0, 0.1) is 24.5 Å². The molecule has 66 heavy (non-hydrogen) atoms. The minimum atomic E-state index is -3.46. The molecule has 5 N–H and O–H groups in total. The van der Waals surface area contributed by atoms with Crippen molar-refractivity contribution >= 4 is 83.9 Å². The number of anilines is 7. The number of ether oxygens (including phenoxy) is 1. The molecule has 16 nitrogen and oxygen atoms in total. The Labute approximate surface area is 391 Å². The van der Waals surface area contributed by atoms with Gasteiger partial charge < -0.3 is 35.8 Å². The number of para-hydroxylation sites is 1. The topological polar surface area (TPSA) is 190 Å². The maximum absolute atomic E-state index is 15.1. The molecule has 4 aromatic rings. The normalized spacial score (nSPS) is 18.3.